The molecule has 1 N–H and O–H groups in total. The predicted molar refractivity (Wildman–Crippen MR) is 132 cm³/mol. The van der Waals surface area contributed by atoms with Crippen molar-refractivity contribution in [1.82, 2.24) is 19.3 Å². The molecule has 0 saturated carbocycles. The summed E-state index contributed by atoms with van der Waals surface area (Å²) in [6.07, 6.45) is 1.59. The van der Waals surface area contributed by atoms with Crippen molar-refractivity contribution in [3.8, 4) is 11.8 Å². The smallest absolute Gasteiger partial charge is 0.265 e. The molecular formula is C24H19ClN6O2S. The van der Waals surface area contributed by atoms with Gasteiger partial charge in [-0.25, -0.2) is 9.67 Å². The van der Waals surface area contributed by atoms with Crippen LogP contribution in [0.2, 0.25) is 5.02 Å². The molecule has 3 heterocycles. The summed E-state index contributed by atoms with van der Waals surface area (Å²) >= 11 is 7.44. The van der Waals surface area contributed by atoms with E-state index in [2.05, 4.69) is 10.4 Å². The molecule has 1 aliphatic heterocycles. The van der Waals surface area contributed by atoms with Gasteiger partial charge in [-0.1, -0.05) is 29.4 Å². The van der Waals surface area contributed by atoms with E-state index in [-0.39, 0.29) is 23.9 Å². The zero-order chi connectivity index (χ0) is 24.0. The van der Waals surface area contributed by atoms with E-state index in [9.17, 15) is 14.9 Å². The van der Waals surface area contributed by atoms with Crippen LogP contribution < -0.4 is 10.9 Å². The minimum Gasteiger partial charge on any atom is -0.325 e. The Morgan fingerprint density at radius 2 is 2.09 bits per heavy atom. The summed E-state index contributed by atoms with van der Waals surface area (Å²) in [5.74, 6) is 0.232. The van der Waals surface area contributed by atoms with Gasteiger partial charge in [0, 0.05) is 17.2 Å². The number of nitriles is 1. The Bertz CT molecular complexity index is 1570. The van der Waals surface area contributed by atoms with Gasteiger partial charge in [0.1, 0.15) is 11.5 Å². The van der Waals surface area contributed by atoms with Crippen LogP contribution in [0.1, 0.15) is 29.2 Å². The average Bonchev–Trinajstić information content (AvgIpc) is 3.41. The lowest BCUT2D eigenvalue weighted by molar-refractivity contribution is -0.116. The van der Waals surface area contributed by atoms with E-state index < -0.39 is 0 Å². The number of halogens is 1. The van der Waals surface area contributed by atoms with Crippen LogP contribution in [0.5, 0.6) is 0 Å². The predicted octanol–water partition coefficient (Wildman–Crippen LogP) is 4.40. The quantitative estimate of drug-likeness (QED) is 0.425. The van der Waals surface area contributed by atoms with Crippen molar-refractivity contribution >= 4 is 46.0 Å². The third-order valence-corrected chi connectivity index (χ3v) is 7.24. The summed E-state index contributed by atoms with van der Waals surface area (Å²) in [4.78, 5) is 30.8. The van der Waals surface area contributed by atoms with E-state index in [1.54, 1.807) is 21.4 Å². The molecular weight excluding hydrogens is 472 g/mol. The van der Waals surface area contributed by atoms with E-state index in [4.69, 9.17) is 16.6 Å². The highest BCUT2D eigenvalue weighted by molar-refractivity contribution is 7.99. The first-order chi connectivity index (χ1) is 16.4. The first kappa shape index (κ1) is 22.2. The van der Waals surface area contributed by atoms with Gasteiger partial charge in [-0.3, -0.25) is 14.2 Å². The Morgan fingerprint density at radius 3 is 2.85 bits per heavy atom. The van der Waals surface area contributed by atoms with Crippen molar-refractivity contribution in [3.05, 3.63) is 74.7 Å². The fraction of sp³-hybridized carbons (Fsp3) is 0.208. The zero-order valence-corrected chi connectivity index (χ0v) is 19.9. The number of thioether (sulfide) groups is 1. The van der Waals surface area contributed by atoms with Crippen molar-refractivity contribution in [3.63, 3.8) is 0 Å². The summed E-state index contributed by atoms with van der Waals surface area (Å²) in [5.41, 5.74) is 4.07. The molecule has 1 aliphatic rings. The number of hydrogen-bond acceptors (Lipinski definition) is 6. The molecule has 0 saturated heterocycles. The van der Waals surface area contributed by atoms with Gasteiger partial charge in [0.25, 0.3) is 5.56 Å². The molecule has 1 atom stereocenters. The number of carbonyl (C=O) groups excluding carboxylic acids is 1. The standard InChI is InChI=1S/C24H19ClN6O2S/c1-13-3-6-17(7-14(13)2)31-22-19(11-27-31)23(33)30-18(12-34-24(30)29-22)9-21(32)28-20-8-16(25)5-4-15(20)10-26/h3-8,11,18H,9,12H2,1-2H3,(H,28,32). The van der Waals surface area contributed by atoms with Crippen LogP contribution in [0, 0.1) is 25.2 Å². The summed E-state index contributed by atoms with van der Waals surface area (Å²) in [7, 11) is 0. The Kier molecular flexibility index (Phi) is 5.63. The summed E-state index contributed by atoms with van der Waals surface area (Å²) in [6.45, 7) is 4.07. The van der Waals surface area contributed by atoms with Crippen LogP contribution >= 0.6 is 23.4 Å². The monoisotopic (exact) mass is 490 g/mol. The van der Waals surface area contributed by atoms with Crippen LogP contribution in [-0.2, 0) is 4.79 Å². The lowest BCUT2D eigenvalue weighted by Crippen LogP contribution is -2.28. The van der Waals surface area contributed by atoms with Crippen LogP contribution in [0.4, 0.5) is 5.69 Å². The second-order valence-corrected chi connectivity index (χ2v) is 9.57. The number of anilines is 1. The summed E-state index contributed by atoms with van der Waals surface area (Å²) in [5, 5.41) is 17.8. The molecule has 2 aromatic carbocycles. The summed E-state index contributed by atoms with van der Waals surface area (Å²) in [6, 6.07) is 12.3. The highest BCUT2D eigenvalue weighted by atomic mass is 35.5. The normalized spacial score (nSPS) is 14.7. The Labute approximate surface area is 204 Å². The molecule has 10 heteroatoms. The van der Waals surface area contributed by atoms with E-state index in [0.717, 1.165) is 11.3 Å². The van der Waals surface area contributed by atoms with Crippen LogP contribution in [0.25, 0.3) is 16.7 Å². The van der Waals surface area contributed by atoms with Crippen molar-refractivity contribution in [2.24, 2.45) is 0 Å². The van der Waals surface area contributed by atoms with Gasteiger partial charge in [-0.05, 0) is 55.3 Å². The number of nitrogens with zero attached hydrogens (tertiary/aromatic N) is 5. The molecule has 34 heavy (non-hydrogen) atoms. The van der Waals surface area contributed by atoms with E-state index >= 15 is 0 Å². The highest BCUT2D eigenvalue weighted by Crippen LogP contribution is 2.34. The van der Waals surface area contributed by atoms with Crippen molar-refractivity contribution in [1.29, 1.82) is 5.26 Å². The number of rotatable bonds is 4. The summed E-state index contributed by atoms with van der Waals surface area (Å²) < 4.78 is 3.25. The average molecular weight is 491 g/mol. The Balaban J connectivity index is 1.45. The maximum atomic E-state index is 13.3. The number of amides is 1. The number of aromatic nitrogens is 4. The topological polar surface area (TPSA) is 106 Å². The van der Waals surface area contributed by atoms with Gasteiger partial charge in [0.2, 0.25) is 5.91 Å². The second-order valence-electron chi connectivity index (χ2n) is 8.15. The minimum absolute atomic E-state index is 0.0652. The van der Waals surface area contributed by atoms with Gasteiger partial charge in [0.05, 0.1) is 29.2 Å². The zero-order valence-electron chi connectivity index (χ0n) is 18.4. The van der Waals surface area contributed by atoms with Crippen molar-refractivity contribution in [2.45, 2.75) is 31.5 Å². The molecule has 170 valence electrons. The fourth-order valence-electron chi connectivity index (χ4n) is 3.96. The Morgan fingerprint density at radius 1 is 1.26 bits per heavy atom. The number of aryl methyl sites for hydroxylation is 2. The third kappa shape index (κ3) is 3.85. The van der Waals surface area contributed by atoms with E-state index in [1.807, 2.05) is 38.1 Å². The fourth-order valence-corrected chi connectivity index (χ4v) is 5.26. The molecule has 1 amide bonds. The molecule has 1 unspecified atom stereocenters. The number of nitrogens with one attached hydrogen (secondary N) is 1. The van der Waals surface area contributed by atoms with Crippen LogP contribution in [0.3, 0.4) is 0 Å². The largest absolute Gasteiger partial charge is 0.325 e. The number of benzene rings is 2. The molecule has 0 spiro atoms. The minimum atomic E-state index is -0.362. The number of carbonyl (C=O) groups is 1. The lowest BCUT2D eigenvalue weighted by Gasteiger charge is -2.14. The SMILES string of the molecule is Cc1ccc(-n2ncc3c(=O)n4c(nc32)SCC4CC(=O)Nc2cc(Cl)ccc2C#N)cc1C. The first-order valence-corrected chi connectivity index (χ1v) is 11.9. The van der Waals surface area contributed by atoms with Crippen LogP contribution in [0.15, 0.2) is 52.5 Å². The lowest BCUT2D eigenvalue weighted by atomic mass is 10.1. The molecule has 0 radical (unpaired) electrons. The molecule has 8 nitrogen and oxygen atoms in total. The molecule has 4 aromatic rings. The van der Waals surface area contributed by atoms with Gasteiger partial charge < -0.3 is 5.32 Å². The highest BCUT2D eigenvalue weighted by Gasteiger charge is 2.30. The van der Waals surface area contributed by atoms with E-state index in [0.29, 0.717) is 38.2 Å². The molecule has 5 rings (SSSR count). The van der Waals surface area contributed by atoms with Crippen LogP contribution in [-0.4, -0.2) is 31.0 Å². The third-order valence-electron chi connectivity index (χ3n) is 5.90. The first-order valence-electron chi connectivity index (χ1n) is 10.6. The second kappa shape index (κ2) is 8.63. The maximum absolute atomic E-state index is 13.3. The molecule has 0 aliphatic carbocycles. The van der Waals surface area contributed by atoms with Gasteiger partial charge in [0.15, 0.2) is 10.8 Å². The molecule has 2 aromatic heterocycles. The van der Waals surface area contributed by atoms with Crippen molar-refractivity contribution in [2.75, 3.05) is 11.1 Å². The molecule has 0 bridgehead atoms. The Hall–Kier alpha value is -3.61. The van der Waals surface area contributed by atoms with Gasteiger partial charge in [-0.2, -0.15) is 10.4 Å². The number of fused-ring (bicyclic) bond motifs is 2. The van der Waals surface area contributed by atoms with E-state index in [1.165, 1.54) is 29.6 Å². The van der Waals surface area contributed by atoms with Gasteiger partial charge >= 0.3 is 0 Å². The van der Waals surface area contributed by atoms with Gasteiger partial charge in [-0.15, -0.1) is 0 Å². The molecule has 0 fully saturated rings. The maximum Gasteiger partial charge on any atom is 0.265 e. The number of hydrogen-bond donors (Lipinski definition) is 1. The van der Waals surface area contributed by atoms with Crippen molar-refractivity contribution < 1.29 is 4.79 Å².